The molecule has 2 heterocycles. The molecule has 0 unspecified atom stereocenters. The first-order valence-corrected chi connectivity index (χ1v) is 5.50. The van der Waals surface area contributed by atoms with Crippen LogP contribution in [0.3, 0.4) is 0 Å². The molecule has 0 amide bonds. The van der Waals surface area contributed by atoms with Crippen molar-refractivity contribution in [1.29, 1.82) is 0 Å². The number of likely N-dealkylation sites (tertiary alicyclic amines) is 1. The van der Waals surface area contributed by atoms with Gasteiger partial charge in [-0.3, -0.25) is 0 Å². The van der Waals surface area contributed by atoms with Crippen LogP contribution in [-0.2, 0) is 0 Å². The molecule has 0 radical (unpaired) electrons. The summed E-state index contributed by atoms with van der Waals surface area (Å²) in [6.07, 6.45) is 3.60. The van der Waals surface area contributed by atoms with Gasteiger partial charge in [0.05, 0.1) is 6.20 Å². The van der Waals surface area contributed by atoms with Crippen molar-refractivity contribution in [2.75, 3.05) is 37.2 Å². The van der Waals surface area contributed by atoms with Gasteiger partial charge in [-0.25, -0.2) is 9.37 Å². The lowest BCUT2D eigenvalue weighted by Crippen LogP contribution is -2.26. The Bertz CT molecular complexity index is 351. The van der Waals surface area contributed by atoms with E-state index in [0.29, 0.717) is 6.54 Å². The summed E-state index contributed by atoms with van der Waals surface area (Å²) in [6, 6.07) is 0. The van der Waals surface area contributed by atoms with Gasteiger partial charge in [0.15, 0.2) is 11.6 Å². The topological polar surface area (TPSA) is 67.1 Å². The average molecular weight is 225 g/mol. The van der Waals surface area contributed by atoms with Crippen molar-refractivity contribution in [3.05, 3.63) is 12.0 Å². The highest BCUT2D eigenvalue weighted by molar-refractivity contribution is 5.38. The van der Waals surface area contributed by atoms with Gasteiger partial charge in [-0.05, 0) is 25.9 Å². The van der Waals surface area contributed by atoms with Gasteiger partial charge in [0, 0.05) is 13.1 Å². The predicted octanol–water partition coefficient (Wildman–Crippen LogP) is 0.706. The minimum atomic E-state index is -0.462. The van der Waals surface area contributed by atoms with Gasteiger partial charge in [0.25, 0.3) is 0 Å². The third-order valence-electron chi connectivity index (χ3n) is 2.68. The summed E-state index contributed by atoms with van der Waals surface area (Å²) in [5.41, 5.74) is 5.38. The Morgan fingerprint density at radius 1 is 1.44 bits per heavy atom. The van der Waals surface area contributed by atoms with Gasteiger partial charge in [-0.1, -0.05) is 0 Å². The van der Waals surface area contributed by atoms with Crippen molar-refractivity contribution in [3.8, 4) is 0 Å². The quantitative estimate of drug-likeness (QED) is 0.789. The van der Waals surface area contributed by atoms with Crippen LogP contribution in [0.5, 0.6) is 0 Å². The zero-order chi connectivity index (χ0) is 11.4. The minimum absolute atomic E-state index is 0.0880. The number of halogens is 1. The van der Waals surface area contributed by atoms with E-state index in [2.05, 4.69) is 20.2 Å². The highest BCUT2D eigenvalue weighted by atomic mass is 19.1. The molecule has 0 atom stereocenters. The van der Waals surface area contributed by atoms with Crippen molar-refractivity contribution in [2.24, 2.45) is 0 Å². The summed E-state index contributed by atoms with van der Waals surface area (Å²) in [5, 5.41) is 2.93. The van der Waals surface area contributed by atoms with Crippen LogP contribution in [0, 0.1) is 5.82 Å². The molecule has 2 rings (SSSR count). The fourth-order valence-corrected chi connectivity index (χ4v) is 1.84. The maximum atomic E-state index is 13.2. The average Bonchev–Trinajstić information content (AvgIpc) is 2.76. The number of nitrogen functional groups attached to an aromatic ring is 1. The molecule has 1 aromatic rings. The molecular weight excluding hydrogens is 209 g/mol. The van der Waals surface area contributed by atoms with Crippen LogP contribution in [0.4, 0.5) is 16.2 Å². The van der Waals surface area contributed by atoms with Crippen LogP contribution in [0.2, 0.25) is 0 Å². The molecule has 0 spiro atoms. The molecule has 0 saturated carbocycles. The lowest BCUT2D eigenvalue weighted by Gasteiger charge is -2.15. The monoisotopic (exact) mass is 225 g/mol. The van der Waals surface area contributed by atoms with E-state index in [-0.39, 0.29) is 11.8 Å². The normalized spacial score (nSPS) is 16.6. The van der Waals surface area contributed by atoms with Crippen molar-refractivity contribution in [1.82, 2.24) is 14.9 Å². The van der Waals surface area contributed by atoms with Gasteiger partial charge in [0.1, 0.15) is 0 Å². The number of nitrogens with two attached hydrogens (primary N) is 1. The Morgan fingerprint density at radius 3 is 2.94 bits per heavy atom. The second kappa shape index (κ2) is 5.07. The van der Waals surface area contributed by atoms with E-state index in [4.69, 9.17) is 5.73 Å². The number of hydrogen-bond acceptors (Lipinski definition) is 5. The highest BCUT2D eigenvalue weighted by Crippen LogP contribution is 2.10. The van der Waals surface area contributed by atoms with Gasteiger partial charge < -0.3 is 16.0 Å². The summed E-state index contributed by atoms with van der Waals surface area (Å²) in [6.45, 7) is 3.85. The van der Waals surface area contributed by atoms with Crippen LogP contribution < -0.4 is 11.1 Å². The first kappa shape index (κ1) is 11.1. The van der Waals surface area contributed by atoms with Gasteiger partial charge >= 0.3 is 0 Å². The smallest absolute Gasteiger partial charge is 0.222 e. The zero-order valence-electron chi connectivity index (χ0n) is 9.12. The lowest BCUT2D eigenvalue weighted by atomic mass is 10.4. The SMILES string of the molecule is Nc1ncc(F)c(NCCN2CCCC2)n1. The molecule has 1 aromatic heterocycles. The molecule has 5 nitrogen and oxygen atoms in total. The summed E-state index contributed by atoms with van der Waals surface area (Å²) in [4.78, 5) is 9.71. The van der Waals surface area contributed by atoms with Crippen LogP contribution in [0.15, 0.2) is 6.20 Å². The number of nitrogens with one attached hydrogen (secondary N) is 1. The summed E-state index contributed by atoms with van der Waals surface area (Å²) < 4.78 is 13.2. The van der Waals surface area contributed by atoms with Crippen molar-refractivity contribution >= 4 is 11.8 Å². The molecule has 0 aromatic carbocycles. The number of nitrogens with zero attached hydrogens (tertiary/aromatic N) is 3. The van der Waals surface area contributed by atoms with E-state index >= 15 is 0 Å². The van der Waals surface area contributed by atoms with Crippen LogP contribution in [0.25, 0.3) is 0 Å². The van der Waals surface area contributed by atoms with E-state index in [9.17, 15) is 4.39 Å². The second-order valence-corrected chi connectivity index (χ2v) is 3.90. The molecule has 16 heavy (non-hydrogen) atoms. The summed E-state index contributed by atoms with van der Waals surface area (Å²) in [7, 11) is 0. The molecule has 88 valence electrons. The van der Waals surface area contributed by atoms with E-state index in [0.717, 1.165) is 25.8 Å². The van der Waals surface area contributed by atoms with Gasteiger partial charge in [-0.2, -0.15) is 4.98 Å². The Morgan fingerprint density at radius 2 is 2.19 bits per heavy atom. The van der Waals surface area contributed by atoms with E-state index < -0.39 is 5.82 Å². The first-order valence-electron chi connectivity index (χ1n) is 5.50. The van der Waals surface area contributed by atoms with Gasteiger partial charge in [-0.15, -0.1) is 0 Å². The number of anilines is 2. The second-order valence-electron chi connectivity index (χ2n) is 3.90. The van der Waals surface area contributed by atoms with Gasteiger partial charge in [0.2, 0.25) is 5.95 Å². The maximum Gasteiger partial charge on any atom is 0.222 e. The minimum Gasteiger partial charge on any atom is -0.368 e. The predicted molar refractivity (Wildman–Crippen MR) is 60.6 cm³/mol. The van der Waals surface area contributed by atoms with E-state index in [1.54, 1.807) is 0 Å². The van der Waals surface area contributed by atoms with Crippen molar-refractivity contribution in [3.63, 3.8) is 0 Å². The standard InChI is InChI=1S/C10H16FN5/c11-8-7-14-10(12)15-9(8)13-3-6-16-4-1-2-5-16/h7H,1-6H2,(H3,12,13,14,15). The Hall–Kier alpha value is -1.43. The Labute approximate surface area is 93.9 Å². The Kier molecular flexibility index (Phi) is 3.51. The number of hydrogen-bond donors (Lipinski definition) is 2. The molecule has 0 bridgehead atoms. The molecule has 1 saturated heterocycles. The summed E-state index contributed by atoms with van der Waals surface area (Å²) in [5.74, 6) is -0.188. The molecule has 1 aliphatic heterocycles. The van der Waals surface area contributed by atoms with Crippen LogP contribution in [-0.4, -0.2) is 41.0 Å². The molecular formula is C10H16FN5. The van der Waals surface area contributed by atoms with Crippen molar-refractivity contribution in [2.45, 2.75) is 12.8 Å². The molecule has 1 aliphatic rings. The molecule has 3 N–H and O–H groups in total. The third-order valence-corrected chi connectivity index (χ3v) is 2.68. The van der Waals surface area contributed by atoms with E-state index in [1.807, 2.05) is 0 Å². The molecule has 6 heteroatoms. The zero-order valence-corrected chi connectivity index (χ0v) is 9.12. The largest absolute Gasteiger partial charge is 0.368 e. The number of rotatable bonds is 4. The highest BCUT2D eigenvalue weighted by Gasteiger charge is 2.11. The van der Waals surface area contributed by atoms with Crippen molar-refractivity contribution < 1.29 is 4.39 Å². The Balaban J connectivity index is 1.82. The van der Waals surface area contributed by atoms with Crippen LogP contribution in [0.1, 0.15) is 12.8 Å². The molecule has 0 aliphatic carbocycles. The summed E-state index contributed by atoms with van der Waals surface area (Å²) >= 11 is 0. The number of aromatic nitrogens is 2. The fraction of sp³-hybridized carbons (Fsp3) is 0.600. The first-order chi connectivity index (χ1) is 7.75. The maximum absolute atomic E-state index is 13.2. The fourth-order valence-electron chi connectivity index (χ4n) is 1.84. The van der Waals surface area contributed by atoms with E-state index in [1.165, 1.54) is 12.8 Å². The molecule has 1 fully saturated rings. The lowest BCUT2D eigenvalue weighted by molar-refractivity contribution is 0.352. The van der Waals surface area contributed by atoms with Crippen LogP contribution >= 0.6 is 0 Å². The third kappa shape index (κ3) is 2.79.